The largest absolute Gasteiger partial charge is 0.497 e. The van der Waals surface area contributed by atoms with Crippen LogP contribution in [0.25, 0.3) is 0 Å². The Morgan fingerprint density at radius 3 is 2.68 bits per heavy atom. The zero-order valence-electron chi connectivity index (χ0n) is 11.7. The second kappa shape index (κ2) is 7.24. The number of aromatic nitrogens is 1. The minimum atomic E-state index is -1.24. The summed E-state index contributed by atoms with van der Waals surface area (Å²) < 4.78 is 5.68. The highest BCUT2D eigenvalue weighted by Gasteiger charge is 2.26. The molecule has 3 N–H and O–H groups in total. The van der Waals surface area contributed by atoms with E-state index in [9.17, 15) is 9.90 Å². The topological polar surface area (TPSA) is 91.7 Å². The predicted octanol–water partition coefficient (Wildman–Crippen LogP) is 2.90. The van der Waals surface area contributed by atoms with E-state index in [1.54, 1.807) is 42.5 Å². The number of ether oxygens (including phenoxy) is 1. The Hall–Kier alpha value is -2.12. The number of nitrogens with one attached hydrogen (secondary N) is 1. The van der Waals surface area contributed by atoms with Gasteiger partial charge in [-0.05, 0) is 45.8 Å². The molecule has 0 fully saturated rings. The lowest BCUT2D eigenvalue weighted by molar-refractivity contribution is 0.118. The van der Waals surface area contributed by atoms with Crippen LogP contribution in [0.3, 0.4) is 0 Å². The normalized spacial score (nSPS) is 13.2. The number of carboxylic acid groups (broad SMARTS) is 1. The fraction of sp³-hybridized carbons (Fsp3) is 0.200. The van der Waals surface area contributed by atoms with Crippen LogP contribution in [-0.2, 0) is 0 Å². The lowest BCUT2D eigenvalue weighted by Gasteiger charge is -2.23. The van der Waals surface area contributed by atoms with Crippen LogP contribution in [-0.4, -0.2) is 28.4 Å². The van der Waals surface area contributed by atoms with Gasteiger partial charge in [-0.3, -0.25) is 0 Å². The van der Waals surface area contributed by atoms with Crippen LogP contribution in [0.15, 0.2) is 47.1 Å². The van der Waals surface area contributed by atoms with E-state index < -0.39 is 18.2 Å². The van der Waals surface area contributed by atoms with Gasteiger partial charge in [0, 0.05) is 0 Å². The molecule has 0 radical (unpaired) electrons. The standard InChI is InChI=1S/C15H15BrN2O4/c1-22-10-5-2-4-9(8-10)14(19)13(18-15(20)21)11-6-3-7-12(16)17-11/h2-8,13-14,18-19H,1H3,(H,20,21)/t13-,14+/m1/s1. The number of carbonyl (C=O) groups is 1. The van der Waals surface area contributed by atoms with Gasteiger partial charge in [-0.25, -0.2) is 9.78 Å². The van der Waals surface area contributed by atoms with E-state index in [0.717, 1.165) is 0 Å². The van der Waals surface area contributed by atoms with Gasteiger partial charge in [0.1, 0.15) is 22.5 Å². The third-order valence-corrected chi connectivity index (χ3v) is 3.53. The molecule has 0 spiro atoms. The zero-order valence-corrected chi connectivity index (χ0v) is 13.3. The van der Waals surface area contributed by atoms with Gasteiger partial charge in [-0.1, -0.05) is 18.2 Å². The number of hydrogen-bond donors (Lipinski definition) is 3. The molecular formula is C15H15BrN2O4. The third-order valence-electron chi connectivity index (χ3n) is 3.09. The summed E-state index contributed by atoms with van der Waals surface area (Å²) >= 11 is 3.24. The first kappa shape index (κ1) is 16.3. The Bertz CT molecular complexity index is 665. The molecule has 2 aromatic rings. The summed E-state index contributed by atoms with van der Waals surface area (Å²) in [6.07, 6.45) is -2.35. The van der Waals surface area contributed by atoms with Gasteiger partial charge >= 0.3 is 6.09 Å². The minimum absolute atomic E-state index is 0.409. The molecular weight excluding hydrogens is 352 g/mol. The molecule has 6 nitrogen and oxygen atoms in total. The van der Waals surface area contributed by atoms with Crippen molar-refractivity contribution < 1.29 is 19.7 Å². The highest BCUT2D eigenvalue weighted by Crippen LogP contribution is 2.30. The molecule has 22 heavy (non-hydrogen) atoms. The van der Waals surface area contributed by atoms with Gasteiger partial charge in [0.05, 0.1) is 12.8 Å². The molecule has 0 aliphatic carbocycles. The molecule has 2 atom stereocenters. The van der Waals surface area contributed by atoms with Crippen molar-refractivity contribution in [3.63, 3.8) is 0 Å². The van der Waals surface area contributed by atoms with Crippen molar-refractivity contribution in [2.45, 2.75) is 12.1 Å². The predicted molar refractivity (Wildman–Crippen MR) is 83.8 cm³/mol. The summed E-state index contributed by atoms with van der Waals surface area (Å²) in [5, 5.41) is 21.9. The molecule has 0 bridgehead atoms. The van der Waals surface area contributed by atoms with Gasteiger partial charge in [-0.2, -0.15) is 0 Å². The number of nitrogens with zero attached hydrogens (tertiary/aromatic N) is 1. The maximum atomic E-state index is 11.0. The van der Waals surface area contributed by atoms with Crippen LogP contribution < -0.4 is 10.1 Å². The fourth-order valence-electron chi connectivity index (χ4n) is 2.06. The van der Waals surface area contributed by atoms with E-state index in [1.807, 2.05) is 0 Å². The Balaban J connectivity index is 2.37. The lowest BCUT2D eigenvalue weighted by Crippen LogP contribution is -2.32. The molecule has 0 saturated heterocycles. The lowest BCUT2D eigenvalue weighted by atomic mass is 9.99. The third kappa shape index (κ3) is 3.96. The number of aliphatic hydroxyl groups is 1. The van der Waals surface area contributed by atoms with E-state index in [1.165, 1.54) is 7.11 Å². The first-order chi connectivity index (χ1) is 10.5. The van der Waals surface area contributed by atoms with Crippen LogP contribution >= 0.6 is 15.9 Å². The second-order valence-electron chi connectivity index (χ2n) is 4.53. The molecule has 2 rings (SSSR count). The Kier molecular flexibility index (Phi) is 5.35. The Morgan fingerprint density at radius 2 is 2.05 bits per heavy atom. The monoisotopic (exact) mass is 366 g/mol. The van der Waals surface area contributed by atoms with E-state index in [4.69, 9.17) is 9.84 Å². The van der Waals surface area contributed by atoms with Gasteiger partial charge < -0.3 is 20.3 Å². The summed E-state index contributed by atoms with van der Waals surface area (Å²) in [5.41, 5.74) is 0.937. The van der Waals surface area contributed by atoms with Crippen LogP contribution in [0.4, 0.5) is 4.79 Å². The molecule has 0 saturated carbocycles. The maximum Gasteiger partial charge on any atom is 0.405 e. The van der Waals surface area contributed by atoms with E-state index in [0.29, 0.717) is 21.6 Å². The van der Waals surface area contributed by atoms with Crippen LogP contribution in [0.2, 0.25) is 0 Å². The van der Waals surface area contributed by atoms with Gasteiger partial charge in [0.15, 0.2) is 0 Å². The van der Waals surface area contributed by atoms with Crippen molar-refractivity contribution in [3.05, 3.63) is 58.3 Å². The molecule has 0 unspecified atom stereocenters. The number of benzene rings is 1. The molecule has 7 heteroatoms. The SMILES string of the molecule is COc1cccc([C@H](O)[C@H](NC(=O)O)c2cccc(Br)n2)c1. The van der Waals surface area contributed by atoms with E-state index >= 15 is 0 Å². The first-order valence-electron chi connectivity index (χ1n) is 6.45. The van der Waals surface area contributed by atoms with Crippen molar-refractivity contribution in [2.75, 3.05) is 7.11 Å². The first-order valence-corrected chi connectivity index (χ1v) is 7.24. The molecule has 1 amide bonds. The average molecular weight is 367 g/mol. The summed E-state index contributed by atoms with van der Waals surface area (Å²) in [6, 6.07) is 11.0. The molecule has 1 heterocycles. The number of aliphatic hydroxyl groups excluding tert-OH is 1. The van der Waals surface area contributed by atoms with E-state index in [2.05, 4.69) is 26.2 Å². The van der Waals surface area contributed by atoms with Crippen LogP contribution in [0.1, 0.15) is 23.4 Å². The summed E-state index contributed by atoms with van der Waals surface area (Å²) in [6.45, 7) is 0. The van der Waals surface area contributed by atoms with Gasteiger partial charge in [0.25, 0.3) is 0 Å². The van der Waals surface area contributed by atoms with Gasteiger partial charge in [0.2, 0.25) is 0 Å². The highest BCUT2D eigenvalue weighted by molar-refractivity contribution is 9.10. The summed E-state index contributed by atoms with van der Waals surface area (Å²) in [7, 11) is 1.52. The van der Waals surface area contributed by atoms with Crippen molar-refractivity contribution in [1.82, 2.24) is 10.3 Å². The van der Waals surface area contributed by atoms with E-state index in [-0.39, 0.29) is 0 Å². The highest BCUT2D eigenvalue weighted by atomic mass is 79.9. The summed E-state index contributed by atoms with van der Waals surface area (Å²) in [5.74, 6) is 0.577. The summed E-state index contributed by atoms with van der Waals surface area (Å²) in [4.78, 5) is 15.3. The number of amides is 1. The van der Waals surface area contributed by atoms with Gasteiger partial charge in [-0.15, -0.1) is 0 Å². The molecule has 0 aliphatic heterocycles. The van der Waals surface area contributed by atoms with Crippen molar-refractivity contribution in [2.24, 2.45) is 0 Å². The molecule has 1 aromatic carbocycles. The fourth-order valence-corrected chi connectivity index (χ4v) is 2.42. The Morgan fingerprint density at radius 1 is 1.32 bits per heavy atom. The van der Waals surface area contributed by atoms with Crippen molar-refractivity contribution >= 4 is 22.0 Å². The number of halogens is 1. The maximum absolute atomic E-state index is 11.0. The second-order valence-corrected chi connectivity index (χ2v) is 5.35. The zero-order chi connectivity index (χ0) is 16.1. The van der Waals surface area contributed by atoms with Crippen LogP contribution in [0.5, 0.6) is 5.75 Å². The average Bonchev–Trinajstić information content (AvgIpc) is 2.52. The number of rotatable bonds is 5. The van der Waals surface area contributed by atoms with Crippen molar-refractivity contribution in [1.29, 1.82) is 0 Å². The Labute approximate surface area is 135 Å². The molecule has 1 aromatic heterocycles. The minimum Gasteiger partial charge on any atom is -0.497 e. The molecule has 116 valence electrons. The number of methoxy groups -OCH3 is 1. The smallest absolute Gasteiger partial charge is 0.405 e. The quantitative estimate of drug-likeness (QED) is 0.707. The van der Waals surface area contributed by atoms with Crippen LogP contribution in [0, 0.1) is 0 Å². The number of pyridine rings is 1. The van der Waals surface area contributed by atoms with Crippen molar-refractivity contribution in [3.8, 4) is 5.75 Å². The number of hydrogen-bond acceptors (Lipinski definition) is 4. The molecule has 0 aliphatic rings.